The number of nitrogen functional groups attached to an aromatic ring is 1. The van der Waals surface area contributed by atoms with Crippen LogP contribution in [0.1, 0.15) is 16.1 Å². The third kappa shape index (κ3) is 3.45. The summed E-state index contributed by atoms with van der Waals surface area (Å²) in [6.45, 7) is 0.357. The molecule has 0 atom stereocenters. The lowest BCUT2D eigenvalue weighted by Crippen LogP contribution is -2.19. The predicted octanol–water partition coefficient (Wildman–Crippen LogP) is 1.60. The topological polar surface area (TPSA) is 77.2 Å². The first-order chi connectivity index (χ1) is 9.19. The number of nitrogens with one attached hydrogen (secondary N) is 1. The van der Waals surface area contributed by atoms with E-state index in [1.807, 2.05) is 12.1 Å². The molecule has 0 aliphatic heterocycles. The molecule has 1 heterocycles. The Morgan fingerprint density at radius 2 is 2.21 bits per heavy atom. The third-order valence-corrected chi connectivity index (χ3v) is 2.55. The molecule has 3 N–H and O–H groups in total. The molecule has 0 fully saturated rings. The minimum atomic E-state index is -0.217. The molecule has 0 spiro atoms. The maximum absolute atomic E-state index is 11.5. The Hall–Kier alpha value is -2.56. The van der Waals surface area contributed by atoms with Gasteiger partial charge in [0.1, 0.15) is 18.1 Å². The number of nitrogens with two attached hydrogens (primary N) is 1. The van der Waals surface area contributed by atoms with Crippen LogP contribution in [0.5, 0.6) is 5.75 Å². The number of pyridine rings is 1. The van der Waals surface area contributed by atoms with Crippen LogP contribution in [0.3, 0.4) is 0 Å². The van der Waals surface area contributed by atoms with E-state index >= 15 is 0 Å². The van der Waals surface area contributed by atoms with E-state index in [-0.39, 0.29) is 5.91 Å². The molecule has 0 aliphatic carbocycles. The highest BCUT2D eigenvalue weighted by atomic mass is 16.5. The summed E-state index contributed by atoms with van der Waals surface area (Å²) in [5.74, 6) is 0.476. The van der Waals surface area contributed by atoms with Gasteiger partial charge in [0.25, 0.3) is 5.91 Å². The zero-order valence-electron chi connectivity index (χ0n) is 10.6. The van der Waals surface area contributed by atoms with Crippen molar-refractivity contribution in [3.8, 4) is 5.75 Å². The lowest BCUT2D eigenvalue weighted by molar-refractivity contribution is 0.0958. The molecule has 98 valence electrons. The Morgan fingerprint density at radius 3 is 2.95 bits per heavy atom. The summed E-state index contributed by atoms with van der Waals surface area (Å²) in [5.41, 5.74) is 7.56. The van der Waals surface area contributed by atoms with E-state index in [9.17, 15) is 4.79 Å². The minimum absolute atomic E-state index is 0.217. The van der Waals surface area contributed by atoms with Crippen LogP contribution in [-0.4, -0.2) is 17.9 Å². The van der Waals surface area contributed by atoms with Gasteiger partial charge >= 0.3 is 0 Å². The molecule has 0 bridgehead atoms. The first-order valence-corrected chi connectivity index (χ1v) is 5.84. The van der Waals surface area contributed by atoms with Gasteiger partial charge in [0.05, 0.1) is 0 Å². The summed E-state index contributed by atoms with van der Waals surface area (Å²) in [5, 5.41) is 2.53. The Kier molecular flexibility index (Phi) is 3.97. The summed E-state index contributed by atoms with van der Waals surface area (Å²) >= 11 is 0. The second-order valence-electron chi connectivity index (χ2n) is 3.99. The monoisotopic (exact) mass is 257 g/mol. The quantitative estimate of drug-likeness (QED) is 0.816. The van der Waals surface area contributed by atoms with Crippen molar-refractivity contribution in [3.63, 3.8) is 0 Å². The summed E-state index contributed by atoms with van der Waals surface area (Å²) < 4.78 is 5.60. The van der Waals surface area contributed by atoms with Gasteiger partial charge in [-0.05, 0) is 29.8 Å². The fraction of sp³-hybridized carbons (Fsp3) is 0.143. The molecule has 0 radical (unpaired) electrons. The van der Waals surface area contributed by atoms with Crippen molar-refractivity contribution >= 4 is 11.6 Å². The van der Waals surface area contributed by atoms with Crippen molar-refractivity contribution in [2.75, 3.05) is 12.8 Å². The van der Waals surface area contributed by atoms with E-state index in [1.54, 1.807) is 37.5 Å². The number of hydrogen-bond donors (Lipinski definition) is 2. The molecule has 5 heteroatoms. The highest BCUT2D eigenvalue weighted by molar-refractivity contribution is 5.92. The number of hydrogen-bond acceptors (Lipinski definition) is 4. The molecule has 1 aromatic carbocycles. The first-order valence-electron chi connectivity index (χ1n) is 5.84. The molecular formula is C14H15N3O2. The fourth-order valence-electron chi connectivity index (χ4n) is 1.59. The number of anilines is 1. The molecule has 1 amide bonds. The Bertz CT molecular complexity index is 584. The maximum atomic E-state index is 11.5. The smallest absolute Gasteiger partial charge is 0.269 e. The summed E-state index contributed by atoms with van der Waals surface area (Å²) in [6.07, 6.45) is 1.59. The second-order valence-corrected chi connectivity index (χ2v) is 3.99. The number of amides is 1. The standard InChI is InChI=1S/C14H15N3O2/c1-16-14(18)13-7-10(5-6-17-13)9-19-12-4-2-3-11(15)8-12/h2-8H,9,15H2,1H3,(H,16,18). The normalized spacial score (nSPS) is 9.95. The zero-order chi connectivity index (χ0) is 13.7. The van der Waals surface area contributed by atoms with Crippen molar-refractivity contribution in [2.45, 2.75) is 6.61 Å². The lowest BCUT2D eigenvalue weighted by Gasteiger charge is -2.07. The Balaban J connectivity index is 2.05. The largest absolute Gasteiger partial charge is 0.489 e. The van der Waals surface area contributed by atoms with Crippen LogP contribution in [0, 0.1) is 0 Å². The third-order valence-electron chi connectivity index (χ3n) is 2.55. The van der Waals surface area contributed by atoms with Gasteiger partial charge in [-0.25, -0.2) is 0 Å². The molecule has 0 aliphatic rings. The highest BCUT2D eigenvalue weighted by Gasteiger charge is 2.05. The zero-order valence-corrected chi connectivity index (χ0v) is 10.6. The molecule has 5 nitrogen and oxygen atoms in total. The van der Waals surface area contributed by atoms with Crippen molar-refractivity contribution in [1.82, 2.24) is 10.3 Å². The average Bonchev–Trinajstić information content (AvgIpc) is 2.45. The molecular weight excluding hydrogens is 242 g/mol. The van der Waals surface area contributed by atoms with Crippen LogP contribution in [0.4, 0.5) is 5.69 Å². The Morgan fingerprint density at radius 1 is 1.37 bits per heavy atom. The van der Waals surface area contributed by atoms with Gasteiger partial charge in [-0.2, -0.15) is 0 Å². The summed E-state index contributed by atoms with van der Waals surface area (Å²) in [6, 6.07) is 10.7. The summed E-state index contributed by atoms with van der Waals surface area (Å²) in [7, 11) is 1.57. The van der Waals surface area contributed by atoms with Crippen LogP contribution >= 0.6 is 0 Å². The highest BCUT2D eigenvalue weighted by Crippen LogP contribution is 2.16. The van der Waals surface area contributed by atoms with Crippen LogP contribution in [0.25, 0.3) is 0 Å². The molecule has 19 heavy (non-hydrogen) atoms. The van der Waals surface area contributed by atoms with Crippen LogP contribution in [0.2, 0.25) is 0 Å². The summed E-state index contributed by atoms with van der Waals surface area (Å²) in [4.78, 5) is 15.4. The second kappa shape index (κ2) is 5.86. The molecule has 1 aromatic heterocycles. The molecule has 0 unspecified atom stereocenters. The van der Waals surface area contributed by atoms with Crippen molar-refractivity contribution < 1.29 is 9.53 Å². The van der Waals surface area contributed by atoms with Gasteiger partial charge in [-0.3, -0.25) is 9.78 Å². The van der Waals surface area contributed by atoms with Crippen molar-refractivity contribution in [2.24, 2.45) is 0 Å². The number of carbonyl (C=O) groups excluding carboxylic acids is 1. The SMILES string of the molecule is CNC(=O)c1cc(COc2cccc(N)c2)ccn1. The van der Waals surface area contributed by atoms with E-state index in [2.05, 4.69) is 10.3 Å². The lowest BCUT2D eigenvalue weighted by atomic mass is 10.2. The number of rotatable bonds is 4. The molecule has 0 saturated carbocycles. The van der Waals surface area contributed by atoms with E-state index in [4.69, 9.17) is 10.5 Å². The average molecular weight is 257 g/mol. The van der Waals surface area contributed by atoms with Crippen molar-refractivity contribution in [3.05, 3.63) is 53.9 Å². The Labute approximate surface area is 111 Å². The van der Waals surface area contributed by atoms with Crippen LogP contribution in [0.15, 0.2) is 42.6 Å². The van der Waals surface area contributed by atoms with E-state index in [0.29, 0.717) is 23.7 Å². The number of aromatic nitrogens is 1. The fourth-order valence-corrected chi connectivity index (χ4v) is 1.59. The number of ether oxygens (including phenoxy) is 1. The van der Waals surface area contributed by atoms with Gasteiger partial charge in [-0.1, -0.05) is 6.07 Å². The number of nitrogens with zero attached hydrogens (tertiary/aromatic N) is 1. The van der Waals surface area contributed by atoms with E-state index < -0.39 is 0 Å². The van der Waals surface area contributed by atoms with Gasteiger partial charge in [0.2, 0.25) is 0 Å². The van der Waals surface area contributed by atoms with E-state index in [0.717, 1.165) is 5.56 Å². The molecule has 2 rings (SSSR count). The first kappa shape index (κ1) is 12.9. The van der Waals surface area contributed by atoms with Gasteiger partial charge in [-0.15, -0.1) is 0 Å². The molecule has 2 aromatic rings. The number of carbonyl (C=O) groups is 1. The van der Waals surface area contributed by atoms with Crippen molar-refractivity contribution in [1.29, 1.82) is 0 Å². The van der Waals surface area contributed by atoms with Gasteiger partial charge in [0.15, 0.2) is 0 Å². The predicted molar refractivity (Wildman–Crippen MR) is 72.8 cm³/mol. The van der Waals surface area contributed by atoms with Gasteiger partial charge < -0.3 is 15.8 Å². The molecule has 0 saturated heterocycles. The van der Waals surface area contributed by atoms with Crippen LogP contribution < -0.4 is 15.8 Å². The number of benzene rings is 1. The maximum Gasteiger partial charge on any atom is 0.269 e. The van der Waals surface area contributed by atoms with Crippen LogP contribution in [-0.2, 0) is 6.61 Å². The van der Waals surface area contributed by atoms with E-state index in [1.165, 1.54) is 0 Å². The minimum Gasteiger partial charge on any atom is -0.489 e. The van der Waals surface area contributed by atoms with Gasteiger partial charge in [0, 0.05) is 25.0 Å².